The van der Waals surface area contributed by atoms with E-state index in [-0.39, 0.29) is 0 Å². The zero-order valence-corrected chi connectivity index (χ0v) is 21.6. The summed E-state index contributed by atoms with van der Waals surface area (Å²) in [6.07, 6.45) is -19.9. The average molecular weight is 788 g/mol. The molecule has 0 spiro atoms. The van der Waals surface area contributed by atoms with E-state index in [0.29, 0.717) is 0 Å². The van der Waals surface area contributed by atoms with Crippen molar-refractivity contribution in [3.63, 3.8) is 0 Å². The fourth-order valence-electron chi connectivity index (χ4n) is 2.33. The van der Waals surface area contributed by atoms with Crippen LogP contribution in [-0.4, -0.2) is 106 Å². The second-order valence-electron chi connectivity index (χ2n) is 8.23. The Hall–Kier alpha value is -1.92. The predicted octanol–water partition coefficient (Wildman–Crippen LogP) is 7.46. The molecule has 0 radical (unpaired) electrons. The Morgan fingerprint density at radius 1 is 0.426 bits per heavy atom. The van der Waals surface area contributed by atoms with Crippen LogP contribution in [0.3, 0.4) is 0 Å². The number of rotatable bonds is 17. The van der Waals surface area contributed by atoms with Gasteiger partial charge in [-0.15, -0.1) is 0 Å². The zero-order chi connectivity index (χ0) is 38.5. The minimum absolute atomic E-state index is 1.57. The largest absolute Gasteiger partial charge is 0.460 e. The summed E-state index contributed by atoms with van der Waals surface area (Å²) in [5.41, 5.74) is 0. The van der Waals surface area contributed by atoms with Gasteiger partial charge in [0.1, 0.15) is 0 Å². The Morgan fingerprint density at radius 3 is 1.11 bits per heavy atom. The number of alkyl halides is 25. The molecule has 0 aromatic heterocycles. The highest BCUT2D eigenvalue weighted by Gasteiger charge is 2.96. The normalized spacial score (nSPS) is 16.9. The van der Waals surface area contributed by atoms with Crippen LogP contribution >= 0.6 is 0 Å². The molecule has 47 heavy (non-hydrogen) atoms. The van der Waals surface area contributed by atoms with Gasteiger partial charge < -0.3 is 9.47 Å². The van der Waals surface area contributed by atoms with E-state index in [4.69, 9.17) is 0 Å². The molecule has 284 valence electrons. The lowest BCUT2D eigenvalue weighted by atomic mass is 9.91. The van der Waals surface area contributed by atoms with Gasteiger partial charge in [-0.1, -0.05) is 0 Å². The van der Waals surface area contributed by atoms with Crippen LogP contribution < -0.4 is 0 Å². The quantitative estimate of drug-likeness (QED) is 0.0871. The fourth-order valence-corrected chi connectivity index (χ4v) is 3.21. The van der Waals surface area contributed by atoms with Crippen LogP contribution in [0.5, 0.6) is 0 Å². The Kier molecular flexibility index (Phi) is 12.2. The van der Waals surface area contributed by atoms with Gasteiger partial charge in [0.25, 0.3) is 6.36 Å². The minimum Gasteiger partial charge on any atom is -0.377 e. The van der Waals surface area contributed by atoms with Gasteiger partial charge in [-0.3, -0.25) is 4.18 Å². The summed E-state index contributed by atoms with van der Waals surface area (Å²) < 4.78 is 357. The summed E-state index contributed by atoms with van der Waals surface area (Å²) >= 11 is 0. The molecule has 1 atom stereocenters. The maximum absolute atomic E-state index is 13.8. The summed E-state index contributed by atoms with van der Waals surface area (Å²) in [4.78, 5) is 0. The summed E-state index contributed by atoms with van der Waals surface area (Å²) in [6, 6.07) is 0. The summed E-state index contributed by atoms with van der Waals surface area (Å²) in [6.45, 7) is -7.44. The molecule has 0 aliphatic rings. The molecule has 0 saturated carbocycles. The molecular weight excluding hydrogens is 779 g/mol. The molecule has 0 aliphatic heterocycles. The maximum atomic E-state index is 13.8. The Labute approximate surface area is 241 Å². The minimum atomic E-state index is -9.10. The molecular formula is C16H9F25O5S. The van der Waals surface area contributed by atoms with Crippen LogP contribution in [0, 0.1) is 0 Å². The highest BCUT2D eigenvalue weighted by atomic mass is 32.2. The monoisotopic (exact) mass is 788 g/mol. The number of halogens is 25. The number of hydrogen-bond acceptors (Lipinski definition) is 5. The predicted molar refractivity (Wildman–Crippen MR) is 93.2 cm³/mol. The maximum Gasteiger partial charge on any atom is 0.460 e. The van der Waals surface area contributed by atoms with Crippen molar-refractivity contribution < 1.29 is 132 Å². The third-order valence-corrected chi connectivity index (χ3v) is 6.39. The van der Waals surface area contributed by atoms with E-state index in [1.165, 1.54) is 0 Å². The van der Waals surface area contributed by atoms with Crippen molar-refractivity contribution in [2.24, 2.45) is 0 Å². The van der Waals surface area contributed by atoms with Gasteiger partial charge in [0.2, 0.25) is 0 Å². The van der Waals surface area contributed by atoms with Gasteiger partial charge in [-0.2, -0.15) is 114 Å². The van der Waals surface area contributed by atoms with E-state index in [0.717, 1.165) is 0 Å². The van der Waals surface area contributed by atoms with Crippen molar-refractivity contribution in [3.05, 3.63) is 0 Å². The molecule has 0 N–H and O–H groups in total. The molecule has 0 aromatic rings. The van der Waals surface area contributed by atoms with Crippen LogP contribution in [0.4, 0.5) is 110 Å². The third kappa shape index (κ3) is 7.07. The van der Waals surface area contributed by atoms with E-state index in [9.17, 15) is 118 Å². The van der Waals surface area contributed by atoms with Crippen molar-refractivity contribution in [3.8, 4) is 0 Å². The van der Waals surface area contributed by atoms with E-state index in [1.54, 1.807) is 0 Å². The highest BCUT2D eigenvalue weighted by Crippen LogP contribution is 2.64. The molecule has 0 rings (SSSR count). The molecule has 1 unspecified atom stereocenters. The van der Waals surface area contributed by atoms with Gasteiger partial charge in [0, 0.05) is 0 Å². The Balaban J connectivity index is 5.79. The first-order valence-electron chi connectivity index (χ1n) is 10.4. The van der Waals surface area contributed by atoms with Crippen LogP contribution in [0.1, 0.15) is 0 Å². The standard InChI is InChI=1S/C16H9F25O5S/c17-5(6(18,19)7(20,21)14(34,35)36)45-3-1-44-2-4-46-47(42,43)16(40,41)13(32,33)11(28,29)9(24,25)8(22,23)10(26,27)12(30,31)15(37,38)39/h5H,1-4H2. The van der Waals surface area contributed by atoms with Crippen molar-refractivity contribution in [2.45, 2.75) is 71.3 Å². The SMILES string of the molecule is O=S(=O)(OCCOCCOC(F)C(F)(F)C(F)(F)C(F)(F)F)C(F)(F)C(F)(F)C(F)(F)C(F)(F)C(F)(F)C(F)(F)C(F)(F)C(F)(F)F. The average Bonchev–Trinajstić information content (AvgIpc) is 2.85. The van der Waals surface area contributed by atoms with Gasteiger partial charge in [0.05, 0.1) is 26.4 Å². The summed E-state index contributed by atoms with van der Waals surface area (Å²) in [5, 5.41) is -8.02. The zero-order valence-electron chi connectivity index (χ0n) is 20.8. The van der Waals surface area contributed by atoms with Gasteiger partial charge in [-0.05, 0) is 0 Å². The smallest absolute Gasteiger partial charge is 0.377 e. The van der Waals surface area contributed by atoms with Crippen LogP contribution in [0.15, 0.2) is 0 Å². The molecule has 0 heterocycles. The Morgan fingerprint density at radius 2 is 0.745 bits per heavy atom. The van der Waals surface area contributed by atoms with Gasteiger partial charge in [0.15, 0.2) is 0 Å². The van der Waals surface area contributed by atoms with Crippen molar-refractivity contribution in [1.82, 2.24) is 0 Å². The first kappa shape index (κ1) is 45.1. The lowest BCUT2D eigenvalue weighted by Crippen LogP contribution is -2.75. The molecule has 0 fully saturated rings. The van der Waals surface area contributed by atoms with Gasteiger partial charge >= 0.3 is 75.1 Å². The van der Waals surface area contributed by atoms with Crippen molar-refractivity contribution in [1.29, 1.82) is 0 Å². The van der Waals surface area contributed by atoms with Crippen LogP contribution in [0.2, 0.25) is 0 Å². The van der Waals surface area contributed by atoms with E-state index in [2.05, 4.69) is 13.7 Å². The lowest BCUT2D eigenvalue weighted by molar-refractivity contribution is -0.458. The molecule has 0 aliphatic carbocycles. The molecule has 0 bridgehead atoms. The number of ether oxygens (including phenoxy) is 2. The molecule has 5 nitrogen and oxygen atoms in total. The summed E-state index contributed by atoms with van der Waals surface area (Å²) in [7, 11) is -7.97. The topological polar surface area (TPSA) is 61.8 Å². The van der Waals surface area contributed by atoms with E-state index < -0.39 is 108 Å². The molecule has 0 saturated heterocycles. The summed E-state index contributed by atoms with van der Waals surface area (Å²) in [5.74, 6) is -66.8. The Bertz CT molecular complexity index is 1170. The first-order valence-corrected chi connectivity index (χ1v) is 11.8. The molecule has 0 amide bonds. The van der Waals surface area contributed by atoms with Crippen molar-refractivity contribution in [2.75, 3.05) is 26.4 Å². The number of hydrogen-bond donors (Lipinski definition) is 0. The first-order chi connectivity index (χ1) is 20.1. The molecule has 0 aromatic carbocycles. The van der Waals surface area contributed by atoms with E-state index in [1.807, 2.05) is 0 Å². The third-order valence-electron chi connectivity index (χ3n) is 5.02. The fraction of sp³-hybridized carbons (Fsp3) is 1.00. The van der Waals surface area contributed by atoms with Crippen molar-refractivity contribution >= 4 is 10.1 Å². The lowest BCUT2D eigenvalue weighted by Gasteiger charge is -2.42. The van der Waals surface area contributed by atoms with E-state index >= 15 is 0 Å². The van der Waals surface area contributed by atoms with Crippen LogP contribution in [-0.2, 0) is 23.8 Å². The van der Waals surface area contributed by atoms with Gasteiger partial charge in [-0.25, -0.2) is 4.39 Å². The van der Waals surface area contributed by atoms with Crippen LogP contribution in [0.25, 0.3) is 0 Å². The molecule has 31 heteroatoms. The second-order valence-corrected chi connectivity index (χ2v) is 9.89. The highest BCUT2D eigenvalue weighted by molar-refractivity contribution is 7.87. The second kappa shape index (κ2) is 12.8.